The van der Waals surface area contributed by atoms with Gasteiger partial charge in [0.2, 0.25) is 0 Å². The lowest BCUT2D eigenvalue weighted by molar-refractivity contribution is -0.141. The quantitative estimate of drug-likeness (QED) is 0.822. The zero-order valence-corrected chi connectivity index (χ0v) is 12.5. The third kappa shape index (κ3) is 2.90. The summed E-state index contributed by atoms with van der Waals surface area (Å²) in [5.74, 6) is 0. The number of nitrogens with one attached hydrogen (secondary N) is 1. The molecule has 2 aromatic rings. The molecule has 1 aliphatic carbocycles. The number of alkyl halides is 3. The van der Waals surface area contributed by atoms with Crippen molar-refractivity contribution in [1.82, 2.24) is 4.98 Å². The minimum Gasteiger partial charge on any atom is -0.377 e. The van der Waals surface area contributed by atoms with E-state index in [0.717, 1.165) is 23.4 Å². The summed E-state index contributed by atoms with van der Waals surface area (Å²) in [6.45, 7) is 0. The van der Waals surface area contributed by atoms with Gasteiger partial charge < -0.3 is 5.32 Å². The molecule has 0 saturated carbocycles. The van der Waals surface area contributed by atoms with E-state index in [9.17, 15) is 13.2 Å². The highest BCUT2D eigenvalue weighted by Crippen LogP contribution is 2.37. The maximum absolute atomic E-state index is 12.5. The largest absolute Gasteiger partial charge is 0.433 e. The van der Waals surface area contributed by atoms with Crippen molar-refractivity contribution in [2.45, 2.75) is 25.1 Å². The maximum Gasteiger partial charge on any atom is 0.433 e. The predicted molar refractivity (Wildman–Crippen MR) is 78.1 cm³/mol. The summed E-state index contributed by atoms with van der Waals surface area (Å²) >= 11 is 3.53. The molecule has 0 aliphatic heterocycles. The van der Waals surface area contributed by atoms with Crippen LogP contribution in [0.25, 0.3) is 0 Å². The monoisotopic (exact) mass is 356 g/mol. The van der Waals surface area contributed by atoms with Gasteiger partial charge in [-0.3, -0.25) is 0 Å². The summed E-state index contributed by atoms with van der Waals surface area (Å²) < 4.78 is 38.5. The number of pyridine rings is 1. The fourth-order valence-electron chi connectivity index (χ4n) is 2.61. The lowest BCUT2D eigenvalue weighted by Gasteiger charge is -2.16. The minimum atomic E-state index is -4.40. The van der Waals surface area contributed by atoms with Crippen LogP contribution in [0.4, 0.5) is 18.9 Å². The van der Waals surface area contributed by atoms with Crippen LogP contribution in [-0.4, -0.2) is 4.98 Å². The summed E-state index contributed by atoms with van der Waals surface area (Å²) in [6, 6.07) is 8.54. The summed E-state index contributed by atoms with van der Waals surface area (Å²) in [6.07, 6.45) is -1.30. The SMILES string of the molecule is FC(F)(F)c1ccc(NC2CCc3c(Br)cccc32)cn1. The number of fused-ring (bicyclic) bond motifs is 1. The Labute approximate surface area is 128 Å². The van der Waals surface area contributed by atoms with Crippen LogP contribution in [0.15, 0.2) is 41.0 Å². The van der Waals surface area contributed by atoms with Gasteiger partial charge in [0.15, 0.2) is 0 Å². The van der Waals surface area contributed by atoms with Gasteiger partial charge in [0.25, 0.3) is 0 Å². The molecule has 0 spiro atoms. The average Bonchev–Trinajstić information content (AvgIpc) is 2.83. The second-order valence-corrected chi connectivity index (χ2v) is 5.83. The third-order valence-corrected chi connectivity index (χ3v) is 4.35. The van der Waals surface area contributed by atoms with E-state index >= 15 is 0 Å². The molecule has 0 bridgehead atoms. The number of hydrogen-bond acceptors (Lipinski definition) is 2. The molecule has 1 aromatic heterocycles. The van der Waals surface area contributed by atoms with E-state index < -0.39 is 11.9 Å². The normalized spacial score (nSPS) is 17.6. The molecule has 6 heteroatoms. The molecule has 1 N–H and O–H groups in total. The molecule has 1 aliphatic rings. The van der Waals surface area contributed by atoms with Crippen LogP contribution in [0.1, 0.15) is 29.3 Å². The Morgan fingerprint density at radius 3 is 2.67 bits per heavy atom. The Morgan fingerprint density at radius 2 is 2.00 bits per heavy atom. The molecule has 0 amide bonds. The van der Waals surface area contributed by atoms with Crippen molar-refractivity contribution in [1.29, 1.82) is 0 Å². The highest BCUT2D eigenvalue weighted by Gasteiger charge is 2.32. The Morgan fingerprint density at radius 1 is 1.19 bits per heavy atom. The number of benzene rings is 1. The van der Waals surface area contributed by atoms with Gasteiger partial charge >= 0.3 is 6.18 Å². The zero-order chi connectivity index (χ0) is 15.0. The molecule has 1 atom stereocenters. The van der Waals surface area contributed by atoms with Gasteiger partial charge in [0.05, 0.1) is 17.9 Å². The topological polar surface area (TPSA) is 24.9 Å². The second-order valence-electron chi connectivity index (χ2n) is 4.97. The van der Waals surface area contributed by atoms with E-state index in [1.54, 1.807) is 0 Å². The number of rotatable bonds is 2. The highest BCUT2D eigenvalue weighted by atomic mass is 79.9. The standard InChI is InChI=1S/C15H12BrF3N2/c16-12-3-1-2-11-10(12)5-6-13(11)21-9-4-7-14(20-8-9)15(17,18)19/h1-4,7-8,13,21H,5-6H2. The van der Waals surface area contributed by atoms with Crippen molar-refractivity contribution in [3.8, 4) is 0 Å². The molecule has 0 fully saturated rings. The fraction of sp³-hybridized carbons (Fsp3) is 0.267. The molecular weight excluding hydrogens is 345 g/mol. The first-order chi connectivity index (χ1) is 9.95. The number of nitrogens with zero attached hydrogens (tertiary/aromatic N) is 1. The third-order valence-electron chi connectivity index (χ3n) is 3.61. The Kier molecular flexibility index (Phi) is 3.65. The van der Waals surface area contributed by atoms with E-state index in [-0.39, 0.29) is 6.04 Å². The zero-order valence-electron chi connectivity index (χ0n) is 10.9. The first-order valence-corrected chi connectivity index (χ1v) is 7.31. The first-order valence-electron chi connectivity index (χ1n) is 6.52. The van der Waals surface area contributed by atoms with E-state index in [0.29, 0.717) is 5.69 Å². The number of anilines is 1. The number of hydrogen-bond donors (Lipinski definition) is 1. The van der Waals surface area contributed by atoms with Crippen LogP contribution in [0.2, 0.25) is 0 Å². The van der Waals surface area contributed by atoms with Gasteiger partial charge in [-0.2, -0.15) is 13.2 Å². The van der Waals surface area contributed by atoms with Gasteiger partial charge in [-0.25, -0.2) is 4.98 Å². The molecule has 1 aromatic carbocycles. The summed E-state index contributed by atoms with van der Waals surface area (Å²) in [7, 11) is 0. The van der Waals surface area contributed by atoms with Gasteiger partial charge in [-0.1, -0.05) is 28.1 Å². The number of halogens is 4. The summed E-state index contributed by atoms with van der Waals surface area (Å²) in [5, 5.41) is 3.25. The van der Waals surface area contributed by atoms with Crippen molar-refractivity contribution >= 4 is 21.6 Å². The Hall–Kier alpha value is -1.56. The summed E-state index contributed by atoms with van der Waals surface area (Å²) in [4.78, 5) is 3.47. The molecule has 3 rings (SSSR count). The predicted octanol–water partition coefficient (Wildman–Crippen LogP) is 4.96. The van der Waals surface area contributed by atoms with Crippen molar-refractivity contribution in [3.63, 3.8) is 0 Å². The maximum atomic E-state index is 12.5. The van der Waals surface area contributed by atoms with Crippen LogP contribution in [0.3, 0.4) is 0 Å². The molecule has 0 radical (unpaired) electrons. The molecule has 2 nitrogen and oxygen atoms in total. The van der Waals surface area contributed by atoms with Gasteiger partial charge in [0.1, 0.15) is 5.69 Å². The smallest absolute Gasteiger partial charge is 0.377 e. The Balaban J connectivity index is 1.79. The van der Waals surface area contributed by atoms with Crippen LogP contribution in [0.5, 0.6) is 0 Å². The fourth-order valence-corrected chi connectivity index (χ4v) is 3.19. The molecule has 1 heterocycles. The molecule has 110 valence electrons. The van der Waals surface area contributed by atoms with E-state index in [2.05, 4.69) is 26.2 Å². The van der Waals surface area contributed by atoms with Crippen molar-refractivity contribution in [2.24, 2.45) is 0 Å². The second kappa shape index (κ2) is 5.33. The Bertz CT molecular complexity index is 653. The van der Waals surface area contributed by atoms with E-state index in [1.165, 1.54) is 23.4 Å². The van der Waals surface area contributed by atoms with Crippen LogP contribution in [-0.2, 0) is 12.6 Å². The molecule has 1 unspecified atom stereocenters. The molecular formula is C15H12BrF3N2. The average molecular weight is 357 g/mol. The summed E-state index contributed by atoms with van der Waals surface area (Å²) in [5.41, 5.74) is 2.17. The van der Waals surface area contributed by atoms with Gasteiger partial charge in [0, 0.05) is 4.47 Å². The highest BCUT2D eigenvalue weighted by molar-refractivity contribution is 9.10. The van der Waals surface area contributed by atoms with Crippen molar-refractivity contribution in [2.75, 3.05) is 5.32 Å². The van der Waals surface area contributed by atoms with Crippen molar-refractivity contribution < 1.29 is 13.2 Å². The van der Waals surface area contributed by atoms with Crippen LogP contribution >= 0.6 is 15.9 Å². The molecule has 0 saturated heterocycles. The lowest BCUT2D eigenvalue weighted by atomic mass is 10.1. The van der Waals surface area contributed by atoms with E-state index in [4.69, 9.17) is 0 Å². The molecule has 21 heavy (non-hydrogen) atoms. The van der Waals surface area contributed by atoms with Gasteiger partial charge in [-0.15, -0.1) is 0 Å². The van der Waals surface area contributed by atoms with Crippen LogP contribution in [0, 0.1) is 0 Å². The minimum absolute atomic E-state index is 0.107. The number of aromatic nitrogens is 1. The lowest BCUT2D eigenvalue weighted by Crippen LogP contribution is -2.10. The van der Waals surface area contributed by atoms with Crippen LogP contribution < -0.4 is 5.32 Å². The van der Waals surface area contributed by atoms with Gasteiger partial charge in [-0.05, 0) is 42.2 Å². The van der Waals surface area contributed by atoms with Crippen molar-refractivity contribution in [3.05, 3.63) is 57.8 Å². The van der Waals surface area contributed by atoms with E-state index in [1.807, 2.05) is 18.2 Å². The first kappa shape index (κ1) is 14.4.